The highest BCUT2D eigenvalue weighted by Gasteiger charge is 2.14. The molecular formula is C12H22N2O. The van der Waals surface area contributed by atoms with Gasteiger partial charge in [0.25, 0.3) is 0 Å². The predicted molar refractivity (Wildman–Crippen MR) is 61.5 cm³/mol. The maximum absolute atomic E-state index is 4.80. The van der Waals surface area contributed by atoms with Crippen molar-refractivity contribution in [2.45, 2.75) is 52.6 Å². The standard InChI is InChI=1S/C12H22N2O/c1-4-6-10(3)12(5-2)13-9-11-7-8-15-14-11/h7-8,10,12-13H,4-6,9H2,1-3H3. The molecule has 1 heterocycles. The Morgan fingerprint density at radius 2 is 2.27 bits per heavy atom. The number of hydrogen-bond donors (Lipinski definition) is 1. The van der Waals surface area contributed by atoms with Gasteiger partial charge in [-0.2, -0.15) is 0 Å². The van der Waals surface area contributed by atoms with Crippen LogP contribution in [0.25, 0.3) is 0 Å². The smallest absolute Gasteiger partial charge is 0.124 e. The minimum absolute atomic E-state index is 0.585. The molecule has 2 unspecified atom stereocenters. The van der Waals surface area contributed by atoms with Crippen LogP contribution in [0.4, 0.5) is 0 Å². The van der Waals surface area contributed by atoms with Gasteiger partial charge in [0.1, 0.15) is 6.26 Å². The maximum atomic E-state index is 4.80. The third-order valence-electron chi connectivity index (χ3n) is 2.91. The van der Waals surface area contributed by atoms with E-state index >= 15 is 0 Å². The Morgan fingerprint density at radius 1 is 1.47 bits per heavy atom. The SMILES string of the molecule is CCCC(C)C(CC)NCc1ccon1. The maximum Gasteiger partial charge on any atom is 0.124 e. The van der Waals surface area contributed by atoms with Gasteiger partial charge in [0.15, 0.2) is 0 Å². The minimum atomic E-state index is 0.585. The van der Waals surface area contributed by atoms with Crippen LogP contribution in [-0.2, 0) is 6.54 Å². The van der Waals surface area contributed by atoms with E-state index < -0.39 is 0 Å². The molecule has 0 spiro atoms. The molecule has 1 N–H and O–H groups in total. The van der Waals surface area contributed by atoms with Crippen molar-refractivity contribution in [1.29, 1.82) is 0 Å². The second-order valence-corrected chi connectivity index (χ2v) is 4.15. The molecule has 3 nitrogen and oxygen atoms in total. The second-order valence-electron chi connectivity index (χ2n) is 4.15. The van der Waals surface area contributed by atoms with Gasteiger partial charge in [0, 0.05) is 18.7 Å². The fraction of sp³-hybridized carbons (Fsp3) is 0.750. The zero-order chi connectivity index (χ0) is 11.1. The van der Waals surface area contributed by atoms with E-state index in [1.54, 1.807) is 6.26 Å². The Hall–Kier alpha value is -0.830. The Morgan fingerprint density at radius 3 is 2.80 bits per heavy atom. The summed E-state index contributed by atoms with van der Waals surface area (Å²) in [7, 11) is 0. The van der Waals surface area contributed by atoms with Crippen molar-refractivity contribution in [2.24, 2.45) is 5.92 Å². The largest absolute Gasteiger partial charge is 0.364 e. The molecule has 1 rings (SSSR count). The number of aromatic nitrogens is 1. The average Bonchev–Trinajstić information content (AvgIpc) is 2.72. The quantitative estimate of drug-likeness (QED) is 0.752. The summed E-state index contributed by atoms with van der Waals surface area (Å²) in [5.74, 6) is 0.729. The summed E-state index contributed by atoms with van der Waals surface area (Å²) >= 11 is 0. The summed E-state index contributed by atoms with van der Waals surface area (Å²) in [6.45, 7) is 7.59. The van der Waals surface area contributed by atoms with Crippen LogP contribution in [0.15, 0.2) is 16.9 Å². The fourth-order valence-electron chi connectivity index (χ4n) is 1.97. The normalized spacial score (nSPS) is 15.1. The molecule has 0 aliphatic carbocycles. The number of nitrogens with one attached hydrogen (secondary N) is 1. The van der Waals surface area contributed by atoms with Gasteiger partial charge in [-0.15, -0.1) is 0 Å². The summed E-state index contributed by atoms with van der Waals surface area (Å²) < 4.78 is 4.80. The van der Waals surface area contributed by atoms with Crippen molar-refractivity contribution in [3.63, 3.8) is 0 Å². The molecular weight excluding hydrogens is 188 g/mol. The Kier molecular flexibility index (Phi) is 5.40. The Labute approximate surface area is 92.2 Å². The van der Waals surface area contributed by atoms with Gasteiger partial charge in [-0.05, 0) is 18.8 Å². The first-order valence-electron chi connectivity index (χ1n) is 5.90. The van der Waals surface area contributed by atoms with E-state index in [4.69, 9.17) is 4.52 Å². The molecule has 0 amide bonds. The van der Waals surface area contributed by atoms with Crippen LogP contribution in [0.1, 0.15) is 45.7 Å². The van der Waals surface area contributed by atoms with E-state index in [-0.39, 0.29) is 0 Å². The van der Waals surface area contributed by atoms with E-state index in [9.17, 15) is 0 Å². The highest BCUT2D eigenvalue weighted by Crippen LogP contribution is 2.13. The predicted octanol–water partition coefficient (Wildman–Crippen LogP) is 2.98. The highest BCUT2D eigenvalue weighted by atomic mass is 16.5. The summed E-state index contributed by atoms with van der Waals surface area (Å²) in [5.41, 5.74) is 0.983. The van der Waals surface area contributed by atoms with Crippen LogP contribution in [0.3, 0.4) is 0 Å². The average molecular weight is 210 g/mol. The summed E-state index contributed by atoms with van der Waals surface area (Å²) in [6.07, 6.45) is 5.32. The van der Waals surface area contributed by atoms with Crippen molar-refractivity contribution >= 4 is 0 Å². The molecule has 15 heavy (non-hydrogen) atoms. The third kappa shape index (κ3) is 4.04. The van der Waals surface area contributed by atoms with Crippen molar-refractivity contribution in [1.82, 2.24) is 10.5 Å². The van der Waals surface area contributed by atoms with Crippen LogP contribution in [-0.4, -0.2) is 11.2 Å². The summed E-state index contributed by atoms with van der Waals surface area (Å²) in [5, 5.41) is 7.42. The Balaban J connectivity index is 2.33. The van der Waals surface area contributed by atoms with Crippen LogP contribution in [0.2, 0.25) is 0 Å². The molecule has 0 aliphatic rings. The van der Waals surface area contributed by atoms with Crippen LogP contribution in [0.5, 0.6) is 0 Å². The molecule has 0 aromatic carbocycles. The van der Waals surface area contributed by atoms with Gasteiger partial charge < -0.3 is 9.84 Å². The zero-order valence-corrected chi connectivity index (χ0v) is 9.99. The number of hydrogen-bond acceptors (Lipinski definition) is 3. The molecule has 1 aromatic heterocycles. The molecule has 2 atom stereocenters. The summed E-state index contributed by atoms with van der Waals surface area (Å²) in [4.78, 5) is 0. The van der Waals surface area contributed by atoms with Crippen LogP contribution in [0, 0.1) is 5.92 Å². The first-order chi connectivity index (χ1) is 7.27. The third-order valence-corrected chi connectivity index (χ3v) is 2.91. The molecule has 0 saturated carbocycles. The molecule has 0 saturated heterocycles. The van der Waals surface area contributed by atoms with E-state index in [1.807, 2.05) is 6.07 Å². The van der Waals surface area contributed by atoms with Gasteiger partial charge in [-0.3, -0.25) is 0 Å². The number of nitrogens with zero attached hydrogens (tertiary/aromatic N) is 1. The molecule has 0 fully saturated rings. The molecule has 0 radical (unpaired) electrons. The van der Waals surface area contributed by atoms with E-state index in [2.05, 4.69) is 31.2 Å². The lowest BCUT2D eigenvalue weighted by atomic mass is 9.95. The minimum Gasteiger partial charge on any atom is -0.364 e. The van der Waals surface area contributed by atoms with Crippen LogP contribution >= 0.6 is 0 Å². The fourth-order valence-corrected chi connectivity index (χ4v) is 1.97. The highest BCUT2D eigenvalue weighted by molar-refractivity contribution is 4.94. The van der Waals surface area contributed by atoms with Crippen molar-refractivity contribution in [2.75, 3.05) is 0 Å². The lowest BCUT2D eigenvalue weighted by molar-refractivity contribution is 0.337. The topological polar surface area (TPSA) is 38.1 Å². The van der Waals surface area contributed by atoms with Crippen molar-refractivity contribution in [3.05, 3.63) is 18.0 Å². The van der Waals surface area contributed by atoms with Crippen molar-refractivity contribution in [3.8, 4) is 0 Å². The molecule has 0 aliphatic heterocycles. The second kappa shape index (κ2) is 6.62. The zero-order valence-electron chi connectivity index (χ0n) is 9.99. The molecule has 1 aromatic rings. The molecule has 86 valence electrons. The van der Waals surface area contributed by atoms with Crippen molar-refractivity contribution < 1.29 is 4.52 Å². The monoisotopic (exact) mass is 210 g/mol. The van der Waals surface area contributed by atoms with Crippen LogP contribution < -0.4 is 5.32 Å². The van der Waals surface area contributed by atoms with E-state index in [0.29, 0.717) is 6.04 Å². The van der Waals surface area contributed by atoms with E-state index in [1.165, 1.54) is 19.3 Å². The van der Waals surface area contributed by atoms with Gasteiger partial charge >= 0.3 is 0 Å². The molecule has 3 heteroatoms. The van der Waals surface area contributed by atoms with E-state index in [0.717, 1.165) is 18.2 Å². The Bertz CT molecular complexity index is 246. The van der Waals surface area contributed by atoms with Gasteiger partial charge in [0.05, 0.1) is 5.69 Å². The van der Waals surface area contributed by atoms with Gasteiger partial charge in [-0.1, -0.05) is 32.3 Å². The first-order valence-corrected chi connectivity index (χ1v) is 5.90. The lowest BCUT2D eigenvalue weighted by Crippen LogP contribution is -2.34. The molecule has 0 bridgehead atoms. The van der Waals surface area contributed by atoms with Gasteiger partial charge in [-0.25, -0.2) is 0 Å². The lowest BCUT2D eigenvalue weighted by Gasteiger charge is -2.23. The van der Waals surface area contributed by atoms with Gasteiger partial charge in [0.2, 0.25) is 0 Å². The number of rotatable bonds is 7. The summed E-state index contributed by atoms with van der Waals surface area (Å²) in [6, 6.07) is 2.49. The first kappa shape index (κ1) is 12.2.